The van der Waals surface area contributed by atoms with Crippen LogP contribution in [0.4, 0.5) is 0 Å². The zero-order valence-electron chi connectivity index (χ0n) is 17.3. The summed E-state index contributed by atoms with van der Waals surface area (Å²) in [6.07, 6.45) is 0. The first-order valence-electron chi connectivity index (χ1n) is 9.80. The molecule has 0 spiro atoms. The van der Waals surface area contributed by atoms with Crippen molar-refractivity contribution in [3.05, 3.63) is 59.2 Å². The molecule has 1 amide bonds. The second kappa shape index (κ2) is 12.2. The van der Waals surface area contributed by atoms with Crippen LogP contribution in [0, 0.1) is 22.7 Å². The van der Waals surface area contributed by atoms with Gasteiger partial charge < -0.3 is 19.1 Å². The van der Waals surface area contributed by atoms with E-state index in [1.807, 2.05) is 26.0 Å². The number of hydrogen-bond donors (Lipinski definition) is 0. The summed E-state index contributed by atoms with van der Waals surface area (Å²) < 4.78 is 16.5. The summed E-state index contributed by atoms with van der Waals surface area (Å²) in [5.41, 5.74) is 0.945. The van der Waals surface area contributed by atoms with Gasteiger partial charge in [0.25, 0.3) is 5.91 Å². The van der Waals surface area contributed by atoms with E-state index in [9.17, 15) is 10.1 Å². The highest BCUT2D eigenvalue weighted by molar-refractivity contribution is 5.94. The molecular weight excluding hydrogens is 382 g/mol. The van der Waals surface area contributed by atoms with E-state index < -0.39 is 0 Å². The first kappa shape index (κ1) is 22.9. The second-order valence-electron chi connectivity index (χ2n) is 6.21. The molecule has 0 unspecified atom stereocenters. The molecule has 2 rings (SSSR count). The van der Waals surface area contributed by atoms with Crippen LogP contribution < -0.4 is 4.74 Å². The number of rotatable bonds is 11. The summed E-state index contributed by atoms with van der Waals surface area (Å²) in [5.74, 6) is 0.643. The maximum atomic E-state index is 12.9. The predicted molar refractivity (Wildman–Crippen MR) is 111 cm³/mol. The van der Waals surface area contributed by atoms with Gasteiger partial charge in [-0.05, 0) is 50.2 Å². The molecule has 30 heavy (non-hydrogen) atoms. The third-order valence-electron chi connectivity index (χ3n) is 4.29. The SMILES string of the molecule is CCOCCN(CCOCC)C(=O)c1ccc(Oc2cccc(C#N)c2C#N)cc1. The molecule has 0 saturated heterocycles. The minimum Gasteiger partial charge on any atom is -0.456 e. The Balaban J connectivity index is 2.12. The van der Waals surface area contributed by atoms with Gasteiger partial charge in [-0.2, -0.15) is 10.5 Å². The van der Waals surface area contributed by atoms with Gasteiger partial charge in [-0.15, -0.1) is 0 Å². The number of amides is 1. The van der Waals surface area contributed by atoms with Crippen molar-refractivity contribution in [3.63, 3.8) is 0 Å². The molecule has 0 saturated carbocycles. The molecule has 0 radical (unpaired) electrons. The van der Waals surface area contributed by atoms with Crippen LogP contribution in [0.5, 0.6) is 11.5 Å². The van der Waals surface area contributed by atoms with Gasteiger partial charge in [0.2, 0.25) is 0 Å². The third kappa shape index (κ3) is 6.31. The van der Waals surface area contributed by atoms with Crippen LogP contribution in [0.25, 0.3) is 0 Å². The van der Waals surface area contributed by atoms with E-state index in [0.717, 1.165) is 0 Å². The van der Waals surface area contributed by atoms with Crippen molar-refractivity contribution in [2.24, 2.45) is 0 Å². The molecule has 0 atom stereocenters. The molecule has 7 nitrogen and oxygen atoms in total. The molecule has 0 aliphatic rings. The van der Waals surface area contributed by atoms with Gasteiger partial charge in [-0.3, -0.25) is 4.79 Å². The standard InChI is InChI=1S/C23H25N3O4/c1-3-28-14-12-26(13-15-29-4-2)23(27)18-8-10-20(11-9-18)30-22-7-5-6-19(16-24)21(22)17-25/h5-11H,3-4,12-15H2,1-2H3. The molecule has 0 aliphatic heterocycles. The molecule has 2 aromatic rings. The van der Waals surface area contributed by atoms with E-state index in [1.165, 1.54) is 0 Å². The second-order valence-corrected chi connectivity index (χ2v) is 6.21. The summed E-state index contributed by atoms with van der Waals surface area (Å²) in [4.78, 5) is 14.6. The maximum Gasteiger partial charge on any atom is 0.254 e. The summed E-state index contributed by atoms with van der Waals surface area (Å²) in [5, 5.41) is 18.4. The summed E-state index contributed by atoms with van der Waals surface area (Å²) in [6, 6.07) is 15.5. The van der Waals surface area contributed by atoms with Crippen LogP contribution in [-0.4, -0.2) is 50.3 Å². The average Bonchev–Trinajstić information content (AvgIpc) is 2.78. The molecule has 0 aliphatic carbocycles. The van der Waals surface area contributed by atoms with Crippen LogP contribution in [-0.2, 0) is 9.47 Å². The maximum absolute atomic E-state index is 12.9. The molecule has 7 heteroatoms. The molecule has 0 aromatic heterocycles. The van der Waals surface area contributed by atoms with E-state index in [0.29, 0.717) is 56.6 Å². The smallest absolute Gasteiger partial charge is 0.254 e. The quantitative estimate of drug-likeness (QED) is 0.527. The number of carbonyl (C=O) groups excluding carboxylic acids is 1. The Bertz CT molecular complexity index is 904. The monoisotopic (exact) mass is 407 g/mol. The molecule has 0 N–H and O–H groups in total. The topological polar surface area (TPSA) is 95.6 Å². The molecule has 2 aromatic carbocycles. The van der Waals surface area contributed by atoms with Crippen molar-refractivity contribution in [2.45, 2.75) is 13.8 Å². The van der Waals surface area contributed by atoms with Gasteiger partial charge in [0.15, 0.2) is 0 Å². The lowest BCUT2D eigenvalue weighted by atomic mass is 10.1. The Morgan fingerprint density at radius 3 is 2.10 bits per heavy atom. The van der Waals surface area contributed by atoms with Crippen LogP contribution >= 0.6 is 0 Å². The first-order valence-corrected chi connectivity index (χ1v) is 9.80. The molecule has 156 valence electrons. The zero-order valence-corrected chi connectivity index (χ0v) is 17.3. The molecule has 0 fully saturated rings. The van der Waals surface area contributed by atoms with Crippen molar-refractivity contribution < 1.29 is 19.0 Å². The minimum absolute atomic E-state index is 0.120. The van der Waals surface area contributed by atoms with Crippen LogP contribution in [0.2, 0.25) is 0 Å². The lowest BCUT2D eigenvalue weighted by Crippen LogP contribution is -2.36. The van der Waals surface area contributed by atoms with Crippen molar-refractivity contribution in [2.75, 3.05) is 39.5 Å². The van der Waals surface area contributed by atoms with Gasteiger partial charge in [-0.25, -0.2) is 0 Å². The highest BCUT2D eigenvalue weighted by Crippen LogP contribution is 2.27. The van der Waals surface area contributed by atoms with Crippen LogP contribution in [0.3, 0.4) is 0 Å². The van der Waals surface area contributed by atoms with Gasteiger partial charge in [0, 0.05) is 31.9 Å². The fourth-order valence-electron chi connectivity index (χ4n) is 2.75. The Hall–Kier alpha value is -3.39. The number of carbonyl (C=O) groups is 1. The number of hydrogen-bond acceptors (Lipinski definition) is 6. The number of nitrogens with zero attached hydrogens (tertiary/aromatic N) is 3. The number of ether oxygens (including phenoxy) is 3. The van der Waals surface area contributed by atoms with E-state index >= 15 is 0 Å². The molecule has 0 bridgehead atoms. The highest BCUT2D eigenvalue weighted by atomic mass is 16.5. The van der Waals surface area contributed by atoms with Crippen molar-refractivity contribution >= 4 is 5.91 Å². The van der Waals surface area contributed by atoms with Gasteiger partial charge in [0.05, 0.1) is 18.8 Å². The normalized spacial score (nSPS) is 10.1. The molecular formula is C23H25N3O4. The van der Waals surface area contributed by atoms with E-state index in [1.54, 1.807) is 47.4 Å². The summed E-state index contributed by atoms with van der Waals surface area (Å²) in [7, 11) is 0. The highest BCUT2D eigenvalue weighted by Gasteiger charge is 2.16. The van der Waals surface area contributed by atoms with E-state index in [-0.39, 0.29) is 17.0 Å². The fraction of sp³-hybridized carbons (Fsp3) is 0.348. The van der Waals surface area contributed by atoms with Gasteiger partial charge in [-0.1, -0.05) is 6.07 Å². The van der Waals surface area contributed by atoms with Crippen LogP contribution in [0.1, 0.15) is 35.3 Å². The Morgan fingerprint density at radius 1 is 0.933 bits per heavy atom. The largest absolute Gasteiger partial charge is 0.456 e. The first-order chi connectivity index (χ1) is 14.6. The van der Waals surface area contributed by atoms with Crippen molar-refractivity contribution in [1.29, 1.82) is 10.5 Å². The van der Waals surface area contributed by atoms with Crippen molar-refractivity contribution in [1.82, 2.24) is 4.90 Å². The Kier molecular flexibility index (Phi) is 9.33. The minimum atomic E-state index is -0.120. The predicted octanol–water partition coefficient (Wildman–Crippen LogP) is 3.74. The third-order valence-corrected chi connectivity index (χ3v) is 4.29. The van der Waals surface area contributed by atoms with Crippen LogP contribution in [0.15, 0.2) is 42.5 Å². The lowest BCUT2D eigenvalue weighted by molar-refractivity contribution is 0.0550. The lowest BCUT2D eigenvalue weighted by Gasteiger charge is -2.22. The number of nitriles is 2. The Morgan fingerprint density at radius 2 is 1.57 bits per heavy atom. The zero-order chi connectivity index (χ0) is 21.8. The fourth-order valence-corrected chi connectivity index (χ4v) is 2.75. The van der Waals surface area contributed by atoms with E-state index in [4.69, 9.17) is 19.5 Å². The Labute approximate surface area is 177 Å². The summed E-state index contributed by atoms with van der Waals surface area (Å²) >= 11 is 0. The van der Waals surface area contributed by atoms with Gasteiger partial charge >= 0.3 is 0 Å². The number of benzene rings is 2. The van der Waals surface area contributed by atoms with E-state index in [2.05, 4.69) is 0 Å². The molecule has 0 heterocycles. The van der Waals surface area contributed by atoms with Gasteiger partial charge in [0.1, 0.15) is 29.2 Å². The van der Waals surface area contributed by atoms with Crippen molar-refractivity contribution in [3.8, 4) is 23.6 Å². The average molecular weight is 407 g/mol. The summed E-state index contributed by atoms with van der Waals surface area (Å²) in [6.45, 7) is 6.89.